The molecule has 0 atom stereocenters. The highest BCUT2D eigenvalue weighted by molar-refractivity contribution is 5.95. The van der Waals surface area contributed by atoms with Crippen LogP contribution in [-0.2, 0) is 0 Å². The summed E-state index contributed by atoms with van der Waals surface area (Å²) in [7, 11) is 1.63. The molecule has 24 heavy (non-hydrogen) atoms. The molecule has 1 saturated carbocycles. The van der Waals surface area contributed by atoms with E-state index in [0.29, 0.717) is 17.4 Å². The second kappa shape index (κ2) is 7.39. The molecule has 0 heterocycles. The van der Waals surface area contributed by atoms with Gasteiger partial charge < -0.3 is 14.8 Å². The molecule has 0 bridgehead atoms. The highest BCUT2D eigenvalue weighted by atomic mass is 16.5. The molecule has 0 spiro atoms. The summed E-state index contributed by atoms with van der Waals surface area (Å²) in [5, 5.41) is 2.63. The summed E-state index contributed by atoms with van der Waals surface area (Å²) in [6, 6.07) is 13.2. The largest absolute Gasteiger partial charge is 0.490 e. The number of ether oxygens (including phenoxy) is 2. The van der Waals surface area contributed by atoms with E-state index in [4.69, 9.17) is 9.47 Å². The van der Waals surface area contributed by atoms with Gasteiger partial charge in [-0.3, -0.25) is 4.79 Å². The fourth-order valence-electron chi connectivity index (χ4n) is 3.01. The van der Waals surface area contributed by atoms with Gasteiger partial charge in [0.05, 0.1) is 6.10 Å². The maximum atomic E-state index is 11.7. The Morgan fingerprint density at radius 1 is 1.00 bits per heavy atom. The van der Waals surface area contributed by atoms with E-state index in [2.05, 4.69) is 5.32 Å². The summed E-state index contributed by atoms with van der Waals surface area (Å²) < 4.78 is 11.8. The minimum atomic E-state index is -0.0903. The zero-order chi connectivity index (χ0) is 16.9. The highest BCUT2D eigenvalue weighted by Crippen LogP contribution is 2.28. The van der Waals surface area contributed by atoms with Gasteiger partial charge in [-0.15, -0.1) is 0 Å². The van der Waals surface area contributed by atoms with Crippen LogP contribution in [0.4, 0.5) is 0 Å². The highest BCUT2D eigenvalue weighted by Gasteiger charge is 2.16. The van der Waals surface area contributed by atoms with E-state index in [1.165, 1.54) is 12.8 Å². The molecule has 0 aliphatic heterocycles. The van der Waals surface area contributed by atoms with E-state index in [1.807, 2.05) is 37.3 Å². The first-order valence-electron chi connectivity index (χ1n) is 8.43. The lowest BCUT2D eigenvalue weighted by atomic mass is 10.1. The number of hydrogen-bond acceptors (Lipinski definition) is 3. The average Bonchev–Trinajstić information content (AvgIpc) is 3.09. The first-order chi connectivity index (χ1) is 11.7. The monoisotopic (exact) mass is 325 g/mol. The third-order valence-corrected chi connectivity index (χ3v) is 4.33. The van der Waals surface area contributed by atoms with Crippen LogP contribution in [0.25, 0.3) is 0 Å². The molecule has 0 radical (unpaired) electrons. The molecule has 1 aliphatic carbocycles. The fourth-order valence-corrected chi connectivity index (χ4v) is 3.01. The Kier molecular flexibility index (Phi) is 5.04. The summed E-state index contributed by atoms with van der Waals surface area (Å²) >= 11 is 0. The Bertz CT molecular complexity index is 703. The molecular weight excluding hydrogens is 302 g/mol. The van der Waals surface area contributed by atoms with Crippen LogP contribution in [0.3, 0.4) is 0 Å². The average molecular weight is 325 g/mol. The van der Waals surface area contributed by atoms with Crippen LogP contribution >= 0.6 is 0 Å². The van der Waals surface area contributed by atoms with Gasteiger partial charge >= 0.3 is 0 Å². The SMILES string of the molecule is CNC(=O)c1ccc(Oc2ccc(OC3CCCC3)cc2)cc1C. The van der Waals surface area contributed by atoms with Crippen molar-refractivity contribution in [2.45, 2.75) is 38.7 Å². The number of carbonyl (C=O) groups excluding carboxylic acids is 1. The number of benzene rings is 2. The van der Waals surface area contributed by atoms with Crippen molar-refractivity contribution in [3.63, 3.8) is 0 Å². The topological polar surface area (TPSA) is 47.6 Å². The predicted molar refractivity (Wildman–Crippen MR) is 94.0 cm³/mol. The molecule has 1 N–H and O–H groups in total. The van der Waals surface area contributed by atoms with Gasteiger partial charge in [0, 0.05) is 12.6 Å². The summed E-state index contributed by atoms with van der Waals surface area (Å²) in [6.45, 7) is 1.90. The molecule has 126 valence electrons. The molecule has 1 aliphatic rings. The molecule has 4 heteroatoms. The van der Waals surface area contributed by atoms with Crippen molar-refractivity contribution in [1.82, 2.24) is 5.32 Å². The molecular formula is C20H23NO3. The van der Waals surface area contributed by atoms with E-state index >= 15 is 0 Å². The van der Waals surface area contributed by atoms with Gasteiger partial charge in [-0.2, -0.15) is 0 Å². The van der Waals surface area contributed by atoms with Crippen LogP contribution < -0.4 is 14.8 Å². The van der Waals surface area contributed by atoms with Crippen molar-refractivity contribution in [2.24, 2.45) is 0 Å². The van der Waals surface area contributed by atoms with E-state index in [0.717, 1.165) is 29.9 Å². The van der Waals surface area contributed by atoms with Crippen molar-refractivity contribution >= 4 is 5.91 Å². The number of aryl methyl sites for hydroxylation is 1. The predicted octanol–water partition coefficient (Wildman–Crippen LogP) is 4.47. The summed E-state index contributed by atoms with van der Waals surface area (Å²) in [5.41, 5.74) is 1.54. The molecule has 1 fully saturated rings. The zero-order valence-electron chi connectivity index (χ0n) is 14.2. The van der Waals surface area contributed by atoms with Crippen LogP contribution in [-0.4, -0.2) is 19.1 Å². The fraction of sp³-hybridized carbons (Fsp3) is 0.350. The Balaban J connectivity index is 1.65. The van der Waals surface area contributed by atoms with Crippen LogP contribution in [0.5, 0.6) is 17.2 Å². The second-order valence-electron chi connectivity index (χ2n) is 6.15. The van der Waals surface area contributed by atoms with E-state index in [-0.39, 0.29) is 5.91 Å². The van der Waals surface area contributed by atoms with Gasteiger partial charge in [-0.1, -0.05) is 0 Å². The van der Waals surface area contributed by atoms with Gasteiger partial charge in [0.1, 0.15) is 17.2 Å². The van der Waals surface area contributed by atoms with Crippen LogP contribution in [0.2, 0.25) is 0 Å². The molecule has 1 amide bonds. The van der Waals surface area contributed by atoms with Gasteiger partial charge in [0.2, 0.25) is 0 Å². The first kappa shape index (κ1) is 16.4. The Morgan fingerprint density at radius 2 is 1.62 bits per heavy atom. The molecule has 0 aromatic heterocycles. The normalized spacial score (nSPS) is 14.4. The van der Waals surface area contributed by atoms with Crippen LogP contribution in [0.15, 0.2) is 42.5 Å². The molecule has 4 nitrogen and oxygen atoms in total. The number of nitrogens with one attached hydrogen (secondary N) is 1. The molecule has 2 aromatic carbocycles. The smallest absolute Gasteiger partial charge is 0.251 e. The molecule has 0 unspecified atom stereocenters. The summed E-state index contributed by atoms with van der Waals surface area (Å²) in [4.78, 5) is 11.7. The van der Waals surface area contributed by atoms with Crippen LogP contribution in [0, 0.1) is 6.92 Å². The van der Waals surface area contributed by atoms with Crippen molar-refractivity contribution in [3.8, 4) is 17.2 Å². The standard InChI is InChI=1S/C20H23NO3/c1-14-13-18(11-12-19(14)20(22)21-2)24-17-9-7-16(8-10-17)23-15-5-3-4-6-15/h7-13,15H,3-6H2,1-2H3,(H,21,22). The van der Waals surface area contributed by atoms with Gasteiger partial charge in [-0.05, 0) is 80.6 Å². The third kappa shape index (κ3) is 3.88. The Morgan fingerprint density at radius 3 is 2.25 bits per heavy atom. The minimum absolute atomic E-state index is 0.0903. The lowest BCUT2D eigenvalue weighted by Crippen LogP contribution is -2.18. The Hall–Kier alpha value is -2.49. The van der Waals surface area contributed by atoms with E-state index < -0.39 is 0 Å². The number of hydrogen-bond donors (Lipinski definition) is 1. The minimum Gasteiger partial charge on any atom is -0.490 e. The van der Waals surface area contributed by atoms with E-state index in [9.17, 15) is 4.79 Å². The lowest BCUT2D eigenvalue weighted by Gasteiger charge is -2.14. The molecule has 2 aromatic rings. The van der Waals surface area contributed by atoms with Crippen molar-refractivity contribution < 1.29 is 14.3 Å². The summed E-state index contributed by atoms with van der Waals surface area (Å²) in [6.07, 6.45) is 5.18. The van der Waals surface area contributed by atoms with Gasteiger partial charge in [0.15, 0.2) is 0 Å². The van der Waals surface area contributed by atoms with Gasteiger partial charge in [0.25, 0.3) is 5.91 Å². The maximum Gasteiger partial charge on any atom is 0.251 e. The summed E-state index contributed by atoms with van der Waals surface area (Å²) in [5.74, 6) is 2.26. The Labute approximate surface area is 142 Å². The quantitative estimate of drug-likeness (QED) is 0.882. The van der Waals surface area contributed by atoms with Crippen molar-refractivity contribution in [1.29, 1.82) is 0 Å². The van der Waals surface area contributed by atoms with E-state index in [1.54, 1.807) is 19.2 Å². The lowest BCUT2D eigenvalue weighted by molar-refractivity contribution is 0.0962. The number of rotatable bonds is 5. The number of carbonyl (C=O) groups is 1. The van der Waals surface area contributed by atoms with Gasteiger partial charge in [-0.25, -0.2) is 0 Å². The van der Waals surface area contributed by atoms with Crippen molar-refractivity contribution in [2.75, 3.05) is 7.05 Å². The molecule has 3 rings (SSSR count). The maximum absolute atomic E-state index is 11.7. The zero-order valence-corrected chi connectivity index (χ0v) is 14.2. The first-order valence-corrected chi connectivity index (χ1v) is 8.43. The number of amides is 1. The van der Waals surface area contributed by atoms with Crippen LogP contribution in [0.1, 0.15) is 41.6 Å². The van der Waals surface area contributed by atoms with Crippen molar-refractivity contribution in [3.05, 3.63) is 53.6 Å². The molecule has 0 saturated heterocycles. The third-order valence-electron chi connectivity index (χ3n) is 4.33. The second-order valence-corrected chi connectivity index (χ2v) is 6.15.